The van der Waals surface area contributed by atoms with Gasteiger partial charge in [-0.2, -0.15) is 0 Å². The molecule has 0 saturated heterocycles. The number of carboxylic acids is 1. The number of methoxy groups -OCH3 is 1. The Bertz CT molecular complexity index is 855. The molecule has 0 heterocycles. The summed E-state index contributed by atoms with van der Waals surface area (Å²) >= 11 is 0. The lowest BCUT2D eigenvalue weighted by molar-refractivity contribution is -0.137. The maximum absolute atomic E-state index is 12.7. The lowest BCUT2D eigenvalue weighted by Gasteiger charge is -2.19. The number of carbonyl (C=O) groups excluding carboxylic acids is 2. The van der Waals surface area contributed by atoms with Crippen molar-refractivity contribution < 1.29 is 29.0 Å². The summed E-state index contributed by atoms with van der Waals surface area (Å²) < 4.78 is 10.8. The standard InChI is InChI=1S/C24H30N2O6/c1-31-20-12-10-18(11-13-20)14-15-25-24(30)21(26-22(27)8-5-9-23(28)29)17-32-16-19-6-3-2-4-7-19/h2-4,6-7,10-13,21H,5,8-9,14-17H2,1H3,(H,25,30)(H,26,27)(H,28,29)/t21-/m0/s1. The van der Waals surface area contributed by atoms with Gasteiger partial charge in [-0.25, -0.2) is 0 Å². The molecule has 0 aromatic heterocycles. The van der Waals surface area contributed by atoms with Crippen LogP contribution in [0.3, 0.4) is 0 Å². The van der Waals surface area contributed by atoms with Crippen LogP contribution in [-0.4, -0.2) is 49.2 Å². The summed E-state index contributed by atoms with van der Waals surface area (Å²) in [5, 5.41) is 14.2. The van der Waals surface area contributed by atoms with E-state index in [9.17, 15) is 14.4 Å². The lowest BCUT2D eigenvalue weighted by Crippen LogP contribution is -2.49. The molecule has 1 atom stereocenters. The summed E-state index contributed by atoms with van der Waals surface area (Å²) in [5.74, 6) is -0.932. The molecule has 0 radical (unpaired) electrons. The molecule has 32 heavy (non-hydrogen) atoms. The van der Waals surface area contributed by atoms with E-state index in [1.165, 1.54) is 0 Å². The van der Waals surface area contributed by atoms with Gasteiger partial charge in [-0.1, -0.05) is 42.5 Å². The third-order valence-corrected chi connectivity index (χ3v) is 4.71. The fourth-order valence-electron chi connectivity index (χ4n) is 2.96. The second kappa shape index (κ2) is 13.8. The van der Waals surface area contributed by atoms with E-state index in [0.29, 0.717) is 19.6 Å². The van der Waals surface area contributed by atoms with Gasteiger partial charge in [0.25, 0.3) is 0 Å². The average Bonchev–Trinajstić information content (AvgIpc) is 2.79. The Morgan fingerprint density at radius 3 is 2.34 bits per heavy atom. The van der Waals surface area contributed by atoms with Crippen LogP contribution in [0.2, 0.25) is 0 Å². The van der Waals surface area contributed by atoms with E-state index in [-0.39, 0.29) is 37.7 Å². The van der Waals surface area contributed by atoms with Gasteiger partial charge in [0.1, 0.15) is 11.8 Å². The summed E-state index contributed by atoms with van der Waals surface area (Å²) in [7, 11) is 1.60. The van der Waals surface area contributed by atoms with Crippen LogP contribution < -0.4 is 15.4 Å². The maximum atomic E-state index is 12.7. The van der Waals surface area contributed by atoms with Gasteiger partial charge < -0.3 is 25.2 Å². The summed E-state index contributed by atoms with van der Waals surface area (Å²) in [6.07, 6.45) is 0.759. The van der Waals surface area contributed by atoms with Gasteiger partial charge in [0, 0.05) is 19.4 Å². The Kier molecular flexibility index (Phi) is 10.7. The summed E-state index contributed by atoms with van der Waals surface area (Å²) in [5.41, 5.74) is 2.00. The highest BCUT2D eigenvalue weighted by Crippen LogP contribution is 2.11. The Morgan fingerprint density at radius 1 is 0.969 bits per heavy atom. The molecule has 0 aliphatic carbocycles. The minimum absolute atomic E-state index is 0.00787. The number of hydrogen-bond donors (Lipinski definition) is 3. The number of nitrogens with one attached hydrogen (secondary N) is 2. The fraction of sp³-hybridized carbons (Fsp3) is 0.375. The normalized spacial score (nSPS) is 11.4. The molecule has 2 amide bonds. The minimum atomic E-state index is -0.961. The number of aliphatic carboxylic acids is 1. The topological polar surface area (TPSA) is 114 Å². The van der Waals surface area contributed by atoms with Crippen molar-refractivity contribution in [1.29, 1.82) is 0 Å². The summed E-state index contributed by atoms with van der Waals surface area (Å²) in [4.78, 5) is 35.5. The van der Waals surface area contributed by atoms with Crippen molar-refractivity contribution in [1.82, 2.24) is 10.6 Å². The van der Waals surface area contributed by atoms with Crippen molar-refractivity contribution in [2.75, 3.05) is 20.3 Å². The van der Waals surface area contributed by atoms with Crippen LogP contribution in [0.4, 0.5) is 0 Å². The zero-order valence-electron chi connectivity index (χ0n) is 18.2. The quantitative estimate of drug-likeness (QED) is 0.414. The van der Waals surface area contributed by atoms with Crippen molar-refractivity contribution in [3.8, 4) is 5.75 Å². The zero-order chi connectivity index (χ0) is 23.2. The van der Waals surface area contributed by atoms with Crippen LogP contribution in [0.1, 0.15) is 30.4 Å². The molecule has 2 rings (SSSR count). The van der Waals surface area contributed by atoms with Crippen LogP contribution in [-0.2, 0) is 32.1 Å². The predicted octanol–water partition coefficient (Wildman–Crippen LogP) is 2.31. The van der Waals surface area contributed by atoms with E-state index in [1.54, 1.807) is 7.11 Å². The van der Waals surface area contributed by atoms with E-state index in [0.717, 1.165) is 16.9 Å². The monoisotopic (exact) mass is 442 g/mol. The zero-order valence-corrected chi connectivity index (χ0v) is 18.2. The smallest absolute Gasteiger partial charge is 0.303 e. The highest BCUT2D eigenvalue weighted by atomic mass is 16.5. The molecule has 3 N–H and O–H groups in total. The van der Waals surface area contributed by atoms with Gasteiger partial charge in [0.15, 0.2) is 0 Å². The average molecular weight is 443 g/mol. The van der Waals surface area contributed by atoms with Crippen molar-refractivity contribution in [3.63, 3.8) is 0 Å². The molecule has 8 nitrogen and oxygen atoms in total. The number of amides is 2. The van der Waals surface area contributed by atoms with Crippen LogP contribution >= 0.6 is 0 Å². The number of carboxylic acid groups (broad SMARTS) is 1. The van der Waals surface area contributed by atoms with Gasteiger partial charge in [-0.15, -0.1) is 0 Å². The Balaban J connectivity index is 1.86. The van der Waals surface area contributed by atoms with Gasteiger partial charge >= 0.3 is 5.97 Å². The van der Waals surface area contributed by atoms with E-state index in [4.69, 9.17) is 14.6 Å². The third kappa shape index (κ3) is 9.61. The lowest BCUT2D eigenvalue weighted by atomic mass is 10.1. The second-order valence-electron chi connectivity index (χ2n) is 7.26. The molecule has 0 aliphatic heterocycles. The number of carbonyl (C=O) groups is 3. The SMILES string of the molecule is COc1ccc(CCNC(=O)[C@H](COCc2ccccc2)NC(=O)CCCC(=O)O)cc1. The van der Waals surface area contributed by atoms with Gasteiger partial charge in [0.05, 0.1) is 20.3 Å². The summed E-state index contributed by atoms with van der Waals surface area (Å²) in [6.45, 7) is 0.717. The third-order valence-electron chi connectivity index (χ3n) is 4.71. The number of ether oxygens (including phenoxy) is 2. The first-order valence-corrected chi connectivity index (χ1v) is 10.5. The van der Waals surface area contributed by atoms with Crippen molar-refractivity contribution in [2.45, 2.75) is 38.3 Å². The number of rotatable bonds is 14. The number of hydrogen-bond acceptors (Lipinski definition) is 5. The Hall–Kier alpha value is -3.39. The van der Waals surface area contributed by atoms with E-state index in [2.05, 4.69) is 10.6 Å². The first-order valence-electron chi connectivity index (χ1n) is 10.5. The largest absolute Gasteiger partial charge is 0.497 e. The van der Waals surface area contributed by atoms with Gasteiger partial charge in [-0.3, -0.25) is 14.4 Å². The van der Waals surface area contributed by atoms with Crippen LogP contribution in [0, 0.1) is 0 Å². The fourth-order valence-corrected chi connectivity index (χ4v) is 2.96. The van der Waals surface area contributed by atoms with E-state index in [1.807, 2.05) is 54.6 Å². The molecular weight excluding hydrogens is 412 g/mol. The van der Waals surface area contributed by atoms with Gasteiger partial charge in [0.2, 0.25) is 11.8 Å². The maximum Gasteiger partial charge on any atom is 0.303 e. The highest BCUT2D eigenvalue weighted by molar-refractivity contribution is 5.87. The Morgan fingerprint density at radius 2 is 1.69 bits per heavy atom. The molecule has 0 aliphatic rings. The predicted molar refractivity (Wildman–Crippen MR) is 119 cm³/mol. The molecule has 0 saturated carbocycles. The molecule has 172 valence electrons. The van der Waals surface area contributed by atoms with Crippen LogP contribution in [0.25, 0.3) is 0 Å². The first-order chi connectivity index (χ1) is 15.5. The van der Waals surface area contributed by atoms with Crippen molar-refractivity contribution >= 4 is 17.8 Å². The van der Waals surface area contributed by atoms with Crippen LogP contribution in [0.15, 0.2) is 54.6 Å². The van der Waals surface area contributed by atoms with E-state index < -0.39 is 12.0 Å². The minimum Gasteiger partial charge on any atom is -0.497 e. The molecule has 2 aromatic rings. The second-order valence-corrected chi connectivity index (χ2v) is 7.26. The molecule has 0 unspecified atom stereocenters. The van der Waals surface area contributed by atoms with Gasteiger partial charge in [-0.05, 0) is 36.1 Å². The van der Waals surface area contributed by atoms with E-state index >= 15 is 0 Å². The summed E-state index contributed by atoms with van der Waals surface area (Å²) in [6, 6.07) is 16.2. The highest BCUT2D eigenvalue weighted by Gasteiger charge is 2.21. The van der Waals surface area contributed by atoms with Crippen molar-refractivity contribution in [3.05, 3.63) is 65.7 Å². The molecule has 0 fully saturated rings. The van der Waals surface area contributed by atoms with Crippen LogP contribution in [0.5, 0.6) is 5.75 Å². The molecule has 2 aromatic carbocycles. The van der Waals surface area contributed by atoms with Crippen molar-refractivity contribution in [2.24, 2.45) is 0 Å². The Labute approximate surface area is 187 Å². The molecular formula is C24H30N2O6. The number of benzene rings is 2. The molecule has 0 bridgehead atoms. The molecule has 0 spiro atoms. The molecule has 8 heteroatoms. The first kappa shape index (κ1) is 24.9.